The second-order valence-corrected chi connectivity index (χ2v) is 5.92. The summed E-state index contributed by atoms with van der Waals surface area (Å²) >= 11 is 0. The minimum Gasteiger partial charge on any atom is -0.329 e. The highest BCUT2D eigenvalue weighted by molar-refractivity contribution is 5.97. The lowest BCUT2D eigenvalue weighted by Gasteiger charge is -2.34. The van der Waals surface area contributed by atoms with Gasteiger partial charge in [0.1, 0.15) is 0 Å². The normalized spacial score (nSPS) is 17.6. The second kappa shape index (κ2) is 6.73. The van der Waals surface area contributed by atoms with Crippen LogP contribution in [-0.2, 0) is 4.79 Å². The summed E-state index contributed by atoms with van der Waals surface area (Å²) < 4.78 is 0. The van der Waals surface area contributed by atoms with Crippen LogP contribution in [0.25, 0.3) is 0 Å². The molecule has 0 atom stereocenters. The van der Waals surface area contributed by atoms with Gasteiger partial charge in [-0.05, 0) is 37.1 Å². The first-order valence-electron chi connectivity index (χ1n) is 7.61. The molecule has 1 amide bonds. The molecule has 1 saturated carbocycles. The molecule has 1 aromatic carbocycles. The Labute approximate surface area is 126 Å². The molecule has 0 aromatic heterocycles. The fourth-order valence-electron chi connectivity index (χ4n) is 3.14. The van der Waals surface area contributed by atoms with Crippen molar-refractivity contribution in [3.8, 4) is 6.07 Å². The summed E-state index contributed by atoms with van der Waals surface area (Å²) in [6, 6.07) is 9.20. The van der Waals surface area contributed by atoms with Crippen molar-refractivity contribution in [1.82, 2.24) is 0 Å². The van der Waals surface area contributed by atoms with Crippen LogP contribution in [0.2, 0.25) is 0 Å². The molecule has 0 unspecified atom stereocenters. The highest BCUT2D eigenvalue weighted by Crippen LogP contribution is 2.36. The molecule has 0 bridgehead atoms. The van der Waals surface area contributed by atoms with Crippen molar-refractivity contribution in [2.24, 2.45) is 11.1 Å². The summed E-state index contributed by atoms with van der Waals surface area (Å²) in [4.78, 5) is 14.6. The number of rotatable bonds is 3. The van der Waals surface area contributed by atoms with Gasteiger partial charge in [-0.15, -0.1) is 0 Å². The first-order chi connectivity index (χ1) is 10.1. The smallest absolute Gasteiger partial charge is 0.234 e. The van der Waals surface area contributed by atoms with Crippen LogP contribution in [0, 0.1) is 16.7 Å². The molecule has 1 fully saturated rings. The highest BCUT2D eigenvalue weighted by atomic mass is 16.2. The molecule has 0 spiro atoms. The summed E-state index contributed by atoms with van der Waals surface area (Å²) in [7, 11) is 1.80. The van der Waals surface area contributed by atoms with E-state index in [0.717, 1.165) is 31.4 Å². The Morgan fingerprint density at radius 2 is 1.81 bits per heavy atom. The first kappa shape index (κ1) is 15.5. The van der Waals surface area contributed by atoms with Crippen molar-refractivity contribution in [2.75, 3.05) is 18.5 Å². The second-order valence-electron chi connectivity index (χ2n) is 5.92. The van der Waals surface area contributed by atoms with E-state index in [-0.39, 0.29) is 5.91 Å². The molecule has 4 nitrogen and oxygen atoms in total. The minimum absolute atomic E-state index is 0.108. The van der Waals surface area contributed by atoms with Crippen LogP contribution in [0.4, 0.5) is 5.69 Å². The van der Waals surface area contributed by atoms with Gasteiger partial charge in [0.15, 0.2) is 0 Å². The number of hydrogen-bond donors (Lipinski definition) is 1. The summed E-state index contributed by atoms with van der Waals surface area (Å²) in [6.45, 7) is 0.409. The van der Waals surface area contributed by atoms with Crippen molar-refractivity contribution in [3.05, 3.63) is 29.8 Å². The average molecular weight is 285 g/mol. The van der Waals surface area contributed by atoms with Crippen LogP contribution in [0.1, 0.15) is 44.1 Å². The number of anilines is 1. The van der Waals surface area contributed by atoms with Crippen LogP contribution in [0.5, 0.6) is 0 Å². The third kappa shape index (κ3) is 3.25. The SMILES string of the molecule is CN(C(=O)C1(CN)CCCCCC1)c1ccc(C#N)cc1. The number of carbonyl (C=O) groups is 1. The van der Waals surface area contributed by atoms with Crippen molar-refractivity contribution >= 4 is 11.6 Å². The third-order valence-corrected chi connectivity index (χ3v) is 4.59. The van der Waals surface area contributed by atoms with E-state index in [9.17, 15) is 4.79 Å². The number of carbonyl (C=O) groups excluding carboxylic acids is 1. The number of nitrogens with zero attached hydrogens (tertiary/aromatic N) is 2. The Balaban J connectivity index is 2.21. The lowest BCUT2D eigenvalue weighted by atomic mass is 9.79. The summed E-state index contributed by atoms with van der Waals surface area (Å²) in [5.74, 6) is 0.108. The molecular formula is C17H23N3O. The van der Waals surface area contributed by atoms with E-state index < -0.39 is 5.41 Å². The summed E-state index contributed by atoms with van der Waals surface area (Å²) in [6.07, 6.45) is 6.28. The Morgan fingerprint density at radius 3 is 2.29 bits per heavy atom. The molecule has 0 aliphatic heterocycles. The Morgan fingerprint density at radius 1 is 1.24 bits per heavy atom. The predicted octanol–water partition coefficient (Wildman–Crippen LogP) is 2.82. The maximum atomic E-state index is 12.9. The molecule has 1 aliphatic rings. The topological polar surface area (TPSA) is 70.1 Å². The van der Waals surface area contributed by atoms with E-state index >= 15 is 0 Å². The Hall–Kier alpha value is -1.86. The summed E-state index contributed by atoms with van der Waals surface area (Å²) in [5, 5.41) is 8.84. The molecule has 21 heavy (non-hydrogen) atoms. The first-order valence-corrected chi connectivity index (χ1v) is 7.61. The van der Waals surface area contributed by atoms with Gasteiger partial charge < -0.3 is 10.6 Å². The van der Waals surface area contributed by atoms with Gasteiger partial charge in [0, 0.05) is 19.3 Å². The van der Waals surface area contributed by atoms with Gasteiger partial charge in [0.2, 0.25) is 5.91 Å². The van der Waals surface area contributed by atoms with Crippen LogP contribution in [0.3, 0.4) is 0 Å². The number of amides is 1. The van der Waals surface area contributed by atoms with E-state index in [1.165, 1.54) is 12.8 Å². The Bertz CT molecular complexity index is 522. The molecule has 0 radical (unpaired) electrons. The molecule has 4 heteroatoms. The van der Waals surface area contributed by atoms with E-state index in [0.29, 0.717) is 12.1 Å². The van der Waals surface area contributed by atoms with Crippen molar-refractivity contribution < 1.29 is 4.79 Å². The standard InChI is InChI=1S/C17H23N3O/c1-20(15-8-6-14(12-18)7-9-15)16(21)17(13-19)10-4-2-3-5-11-17/h6-9H,2-5,10-11,13,19H2,1H3. The van der Waals surface area contributed by atoms with Crippen molar-refractivity contribution in [2.45, 2.75) is 38.5 Å². The van der Waals surface area contributed by atoms with E-state index in [2.05, 4.69) is 6.07 Å². The van der Waals surface area contributed by atoms with Crippen LogP contribution in [-0.4, -0.2) is 19.5 Å². The van der Waals surface area contributed by atoms with Gasteiger partial charge in [-0.1, -0.05) is 25.7 Å². The lowest BCUT2D eigenvalue weighted by Crippen LogP contribution is -2.46. The molecule has 0 heterocycles. The van der Waals surface area contributed by atoms with Crippen LogP contribution in [0.15, 0.2) is 24.3 Å². The molecule has 1 aliphatic carbocycles. The van der Waals surface area contributed by atoms with Gasteiger partial charge in [-0.25, -0.2) is 0 Å². The largest absolute Gasteiger partial charge is 0.329 e. The van der Waals surface area contributed by atoms with Gasteiger partial charge >= 0.3 is 0 Å². The molecule has 112 valence electrons. The van der Waals surface area contributed by atoms with Crippen molar-refractivity contribution in [3.63, 3.8) is 0 Å². The zero-order valence-corrected chi connectivity index (χ0v) is 12.6. The van der Waals surface area contributed by atoms with Gasteiger partial charge in [-0.3, -0.25) is 4.79 Å². The van der Waals surface area contributed by atoms with Gasteiger partial charge in [0.25, 0.3) is 0 Å². The number of hydrogen-bond acceptors (Lipinski definition) is 3. The zero-order valence-electron chi connectivity index (χ0n) is 12.6. The van der Waals surface area contributed by atoms with Gasteiger partial charge in [0.05, 0.1) is 17.0 Å². The average Bonchev–Trinajstić information content (AvgIpc) is 2.80. The fraction of sp³-hybridized carbons (Fsp3) is 0.529. The minimum atomic E-state index is -0.418. The maximum absolute atomic E-state index is 12.9. The number of nitrogens with two attached hydrogens (primary N) is 1. The van der Waals surface area contributed by atoms with Gasteiger partial charge in [-0.2, -0.15) is 5.26 Å². The quantitative estimate of drug-likeness (QED) is 0.868. The molecular weight excluding hydrogens is 262 g/mol. The molecule has 1 aromatic rings. The zero-order chi connectivity index (χ0) is 15.3. The van der Waals surface area contributed by atoms with E-state index in [1.54, 1.807) is 24.1 Å². The molecule has 2 rings (SSSR count). The third-order valence-electron chi connectivity index (χ3n) is 4.59. The predicted molar refractivity (Wildman–Crippen MR) is 83.8 cm³/mol. The lowest BCUT2D eigenvalue weighted by molar-refractivity contribution is -0.128. The van der Waals surface area contributed by atoms with E-state index in [4.69, 9.17) is 11.0 Å². The Kier molecular flexibility index (Phi) is 4.98. The fourth-order valence-corrected chi connectivity index (χ4v) is 3.14. The highest BCUT2D eigenvalue weighted by Gasteiger charge is 2.39. The summed E-state index contributed by atoms with van der Waals surface area (Å²) in [5.41, 5.74) is 6.98. The molecule has 0 saturated heterocycles. The van der Waals surface area contributed by atoms with Crippen LogP contribution < -0.4 is 10.6 Å². The molecule has 2 N–H and O–H groups in total. The van der Waals surface area contributed by atoms with E-state index in [1.807, 2.05) is 12.1 Å². The van der Waals surface area contributed by atoms with Crippen LogP contribution >= 0.6 is 0 Å². The number of benzene rings is 1. The monoisotopic (exact) mass is 285 g/mol. The number of nitriles is 1. The van der Waals surface area contributed by atoms with Crippen molar-refractivity contribution in [1.29, 1.82) is 5.26 Å². The maximum Gasteiger partial charge on any atom is 0.234 e.